The Bertz CT molecular complexity index is 3850. The van der Waals surface area contributed by atoms with Crippen LogP contribution in [0.2, 0.25) is 0 Å². The van der Waals surface area contributed by atoms with Gasteiger partial charge in [0.25, 0.3) is 0 Å². The van der Waals surface area contributed by atoms with Crippen LogP contribution < -0.4 is 4.90 Å². The number of benzene rings is 8. The molecule has 0 radical (unpaired) electrons. The van der Waals surface area contributed by atoms with Crippen LogP contribution in [0.15, 0.2) is 236 Å². The van der Waals surface area contributed by atoms with E-state index in [-0.39, 0.29) is 5.41 Å². The predicted molar refractivity (Wildman–Crippen MR) is 314 cm³/mol. The van der Waals surface area contributed by atoms with Gasteiger partial charge in [0, 0.05) is 34.3 Å². The van der Waals surface area contributed by atoms with Gasteiger partial charge in [-0.05, 0) is 191 Å². The van der Waals surface area contributed by atoms with Gasteiger partial charge < -0.3 is 9.47 Å². The number of nitrogens with zero attached hydrogens (tertiary/aromatic N) is 2. The van der Waals surface area contributed by atoms with Crippen LogP contribution in [0.4, 0.5) is 11.4 Å². The minimum atomic E-state index is -0.353. The van der Waals surface area contributed by atoms with E-state index in [1.807, 2.05) is 18.2 Å². The van der Waals surface area contributed by atoms with Crippen molar-refractivity contribution < 1.29 is 0 Å². The second-order valence-corrected chi connectivity index (χ2v) is 20.7. The second kappa shape index (κ2) is 18.9. The molecule has 9 aromatic rings. The number of anilines is 2. The number of hydrogen-bond donors (Lipinski definition) is 0. The number of rotatable bonds is 7. The number of fused-ring (bicyclic) bond motifs is 12. The van der Waals surface area contributed by atoms with Gasteiger partial charge in [-0.25, -0.2) is 0 Å². The van der Waals surface area contributed by atoms with Crippen LogP contribution in [0.3, 0.4) is 0 Å². The minimum absolute atomic E-state index is 0.353. The third-order valence-corrected chi connectivity index (χ3v) is 16.3. The quantitative estimate of drug-likeness (QED) is 0.155. The molecule has 0 N–H and O–H groups in total. The van der Waals surface area contributed by atoms with E-state index in [1.165, 1.54) is 117 Å². The summed E-state index contributed by atoms with van der Waals surface area (Å²) in [5.74, 6) is 0. The highest BCUT2D eigenvalue weighted by Crippen LogP contribution is 2.64. The Labute approximate surface area is 437 Å². The van der Waals surface area contributed by atoms with E-state index in [1.54, 1.807) is 0 Å². The molecule has 0 fully saturated rings. The third-order valence-electron chi connectivity index (χ3n) is 16.3. The molecule has 5 aliphatic rings. The van der Waals surface area contributed by atoms with Crippen molar-refractivity contribution in [1.82, 2.24) is 4.57 Å². The Hall–Kier alpha value is -8.46. The van der Waals surface area contributed by atoms with Gasteiger partial charge in [-0.3, -0.25) is 0 Å². The molecule has 1 unspecified atom stereocenters. The van der Waals surface area contributed by atoms with Crippen molar-refractivity contribution in [2.75, 3.05) is 4.90 Å². The molecule has 0 aliphatic heterocycles. The van der Waals surface area contributed by atoms with Crippen molar-refractivity contribution in [3.8, 4) is 27.9 Å². The van der Waals surface area contributed by atoms with E-state index >= 15 is 0 Å². The van der Waals surface area contributed by atoms with Crippen LogP contribution >= 0.6 is 0 Å². The largest absolute Gasteiger partial charge is 0.317 e. The van der Waals surface area contributed by atoms with Gasteiger partial charge in [0.1, 0.15) is 0 Å². The normalized spacial score (nSPS) is 16.8. The van der Waals surface area contributed by atoms with E-state index in [2.05, 4.69) is 249 Å². The first kappa shape index (κ1) is 45.4. The minimum Gasteiger partial charge on any atom is -0.317 e. The summed E-state index contributed by atoms with van der Waals surface area (Å²) in [6.07, 6.45) is 25.3. The lowest BCUT2D eigenvalue weighted by Gasteiger charge is -2.34. The summed E-state index contributed by atoms with van der Waals surface area (Å²) in [5.41, 5.74) is 28.7. The van der Waals surface area contributed by atoms with Crippen LogP contribution in [0.1, 0.15) is 94.8 Å². The summed E-state index contributed by atoms with van der Waals surface area (Å²) >= 11 is 0. The van der Waals surface area contributed by atoms with Gasteiger partial charge in [-0.1, -0.05) is 193 Å². The van der Waals surface area contributed by atoms with Crippen molar-refractivity contribution in [2.24, 2.45) is 0 Å². The Morgan fingerprint density at radius 3 is 1.89 bits per heavy atom. The lowest BCUT2D eigenvalue weighted by molar-refractivity contribution is 0.713. The first-order chi connectivity index (χ1) is 36.5. The van der Waals surface area contributed by atoms with Crippen molar-refractivity contribution in [2.45, 2.75) is 64.7 Å². The molecule has 1 spiro atoms. The van der Waals surface area contributed by atoms with Gasteiger partial charge in [-0.2, -0.15) is 0 Å². The Morgan fingerprint density at radius 1 is 0.500 bits per heavy atom. The first-order valence-electron chi connectivity index (χ1n) is 26.7. The summed E-state index contributed by atoms with van der Waals surface area (Å²) in [6.45, 7) is 6.66. The topological polar surface area (TPSA) is 8.17 Å². The zero-order valence-electron chi connectivity index (χ0n) is 42.7. The Kier molecular flexibility index (Phi) is 11.6. The smallest absolute Gasteiger partial charge is 0.0694 e. The molecule has 1 aromatic heterocycles. The molecule has 1 heterocycles. The summed E-state index contributed by atoms with van der Waals surface area (Å²) in [7, 11) is 0. The van der Waals surface area contributed by atoms with Crippen LogP contribution in [0.5, 0.6) is 0 Å². The van der Waals surface area contributed by atoms with Crippen LogP contribution in [-0.4, -0.2) is 4.57 Å². The van der Waals surface area contributed by atoms with Crippen molar-refractivity contribution in [3.63, 3.8) is 0 Å². The standard InChI is InChI=1S/C65H52N2.C7H8/c1-43-17-6-7-21-51(43)52-37-35-49(41-44(52)2)66(50-36-38-57-56-25-11-15-30-62(56)67(63(57)42-50)48-33-31-46(32-34-48)45-18-4-3-5-19-45)40-39-47-20-16-26-58-55-24-10-14-29-61(55)65(64(47)58)59-27-12-8-22-53(59)54-23-9-13-28-60(54)65;1-7-5-3-2-4-6-7/h3-5,7-10,12,14-16,18-24,26-27,29-42H,6,11,13,17,25,28H2,1-2H3;2-6H,1H3. The highest BCUT2D eigenvalue weighted by atomic mass is 15.1. The molecule has 0 bridgehead atoms. The molecular formula is C72H60N2. The average Bonchev–Trinajstić information content (AvgIpc) is 4.09. The molecule has 74 heavy (non-hydrogen) atoms. The number of aryl methyl sites for hydroxylation is 3. The highest BCUT2D eigenvalue weighted by molar-refractivity contribution is 5.99. The second-order valence-electron chi connectivity index (χ2n) is 20.7. The lowest BCUT2D eigenvalue weighted by atomic mass is 9.67. The predicted octanol–water partition coefficient (Wildman–Crippen LogP) is 18.9. The first-order valence-corrected chi connectivity index (χ1v) is 26.7. The van der Waals surface area contributed by atoms with Gasteiger partial charge in [0.15, 0.2) is 0 Å². The Morgan fingerprint density at radius 2 is 1.14 bits per heavy atom. The zero-order valence-corrected chi connectivity index (χ0v) is 42.7. The van der Waals surface area contributed by atoms with E-state index in [0.29, 0.717) is 0 Å². The monoisotopic (exact) mass is 952 g/mol. The SMILES string of the molecule is CC1=C(c2ccc(N(C=Cc3cccc4c3C3(C5=C(C=CCC5)c5ccccc53)c3ccccc3-4)c3ccc4c5c(n(-c6ccc(-c7ccccc7)cc6)c4c3)C=CCC5)cc2C)C=CCC1.Cc1ccccc1. The van der Waals surface area contributed by atoms with Crippen LogP contribution in [0.25, 0.3) is 62.1 Å². The molecule has 0 saturated carbocycles. The van der Waals surface area contributed by atoms with Crippen molar-refractivity contribution in [3.05, 3.63) is 292 Å². The fourth-order valence-corrected chi connectivity index (χ4v) is 12.9. The van der Waals surface area contributed by atoms with Gasteiger partial charge in [-0.15, -0.1) is 0 Å². The molecule has 0 saturated heterocycles. The fraction of sp³-hybridized carbons (Fsp3) is 0.139. The maximum absolute atomic E-state index is 2.49. The molecule has 1 atom stereocenters. The maximum atomic E-state index is 2.49. The zero-order chi connectivity index (χ0) is 49.8. The summed E-state index contributed by atoms with van der Waals surface area (Å²) in [4.78, 5) is 2.43. The summed E-state index contributed by atoms with van der Waals surface area (Å²) in [6, 6.07) is 69.7. The van der Waals surface area contributed by atoms with Crippen molar-refractivity contribution >= 4 is 45.6 Å². The molecule has 8 aromatic carbocycles. The summed E-state index contributed by atoms with van der Waals surface area (Å²) in [5, 5.41) is 1.32. The van der Waals surface area contributed by atoms with Crippen LogP contribution in [-0.2, 0) is 11.8 Å². The summed E-state index contributed by atoms with van der Waals surface area (Å²) < 4.78 is 2.49. The molecule has 2 nitrogen and oxygen atoms in total. The highest BCUT2D eigenvalue weighted by Gasteiger charge is 2.53. The lowest BCUT2D eigenvalue weighted by Crippen LogP contribution is -2.28. The third kappa shape index (κ3) is 7.54. The van der Waals surface area contributed by atoms with E-state index in [0.717, 1.165) is 49.9 Å². The van der Waals surface area contributed by atoms with E-state index in [4.69, 9.17) is 0 Å². The van der Waals surface area contributed by atoms with Crippen LogP contribution in [0, 0.1) is 13.8 Å². The number of aromatic nitrogens is 1. The maximum Gasteiger partial charge on any atom is 0.0694 e. The van der Waals surface area contributed by atoms with Crippen molar-refractivity contribution in [1.29, 1.82) is 0 Å². The Balaban J connectivity index is 0.000000700. The average molecular weight is 953 g/mol. The number of allylic oxidation sites excluding steroid dienone is 9. The molecule has 14 rings (SSSR count). The molecule has 5 aliphatic carbocycles. The van der Waals surface area contributed by atoms with Gasteiger partial charge in [0.05, 0.1) is 10.9 Å². The molecule has 0 amide bonds. The number of hydrogen-bond acceptors (Lipinski definition) is 1. The molecule has 2 heteroatoms. The van der Waals surface area contributed by atoms with E-state index in [9.17, 15) is 0 Å². The molecular weight excluding hydrogens is 893 g/mol. The van der Waals surface area contributed by atoms with Gasteiger partial charge in [0.2, 0.25) is 0 Å². The van der Waals surface area contributed by atoms with Gasteiger partial charge >= 0.3 is 0 Å². The van der Waals surface area contributed by atoms with E-state index < -0.39 is 0 Å². The molecule has 358 valence electrons. The fourth-order valence-electron chi connectivity index (χ4n) is 12.9.